The van der Waals surface area contributed by atoms with Crippen LogP contribution in [-0.4, -0.2) is 195 Å². The number of carbonyl (C=O) groups excluding carboxylic acids is 1. The summed E-state index contributed by atoms with van der Waals surface area (Å²) in [5.41, 5.74) is -1.47. The third-order valence-corrected chi connectivity index (χ3v) is 11.1. The van der Waals surface area contributed by atoms with Gasteiger partial charge in [-0.15, -0.1) is 0 Å². The van der Waals surface area contributed by atoms with Crippen molar-refractivity contribution < 1.29 is 119 Å². The molecule has 15 atom stereocenters. The fourth-order valence-corrected chi connectivity index (χ4v) is 7.45. The van der Waals surface area contributed by atoms with Crippen LogP contribution in [0.25, 0.3) is 28.4 Å². The van der Waals surface area contributed by atoms with Crippen LogP contribution in [0.1, 0.15) is 5.56 Å². The Morgan fingerprint density at radius 2 is 1.16 bits per heavy atom. The van der Waals surface area contributed by atoms with Gasteiger partial charge >= 0.3 is 5.97 Å². The van der Waals surface area contributed by atoms with Crippen LogP contribution < -0.4 is 10.2 Å². The monoisotopic (exact) mass is 950 g/mol. The summed E-state index contributed by atoms with van der Waals surface area (Å²) in [7, 11) is 0. The van der Waals surface area contributed by atoms with Gasteiger partial charge in [0.25, 0.3) is 0 Å². The lowest BCUT2D eigenvalue weighted by Crippen LogP contribution is -2.67. The van der Waals surface area contributed by atoms with Crippen LogP contribution >= 0.6 is 0 Å². The van der Waals surface area contributed by atoms with Gasteiger partial charge in [-0.05, 0) is 42.0 Å². The molecule has 3 aromatic carbocycles. The summed E-state index contributed by atoms with van der Waals surface area (Å²) >= 11 is 0. The van der Waals surface area contributed by atoms with Crippen LogP contribution in [0, 0.1) is 0 Å². The van der Waals surface area contributed by atoms with Crippen molar-refractivity contribution in [3.63, 3.8) is 0 Å². The van der Waals surface area contributed by atoms with Crippen LogP contribution in [0.5, 0.6) is 40.2 Å². The molecule has 3 aliphatic rings. The molecule has 3 saturated heterocycles. The maximum absolute atomic E-state index is 14.2. The van der Waals surface area contributed by atoms with Gasteiger partial charge in [-0.3, -0.25) is 4.79 Å². The first kappa shape index (κ1) is 49.0. The summed E-state index contributed by atoms with van der Waals surface area (Å²) in [5, 5.41) is 157. The van der Waals surface area contributed by atoms with Crippen LogP contribution in [0.2, 0.25) is 0 Å². The van der Waals surface area contributed by atoms with Gasteiger partial charge in [-0.25, -0.2) is 4.79 Å². The zero-order valence-corrected chi connectivity index (χ0v) is 34.3. The van der Waals surface area contributed by atoms with E-state index in [1.54, 1.807) is 0 Å². The van der Waals surface area contributed by atoms with Crippen molar-refractivity contribution in [3.8, 4) is 51.6 Å². The van der Waals surface area contributed by atoms with E-state index >= 15 is 0 Å². The SMILES string of the molecule is O=C(C=Cc1ccc(O)c(O)c1)OC[C@H]1O[C@@H](O[C@H]2[C@H](O[C@H]3[C@H](Oc4c(-c5ccc(O)c(O)c5)oc5cc(O)cc(O)c5c4=O)O[C@H](CO)[C@@H](O)[C@@H]3O)O[C@H](CO)[C@@H](O)[C@@H]2O)[C@H](O)[C@@H](O)[C@@H]1O. The second kappa shape index (κ2) is 20.1. The zero-order chi connectivity index (χ0) is 48.6. The Hall–Kier alpha value is -5.88. The lowest BCUT2D eigenvalue weighted by Gasteiger charge is -2.48. The smallest absolute Gasteiger partial charge is 0.330 e. The molecular formula is C42H46O25. The average Bonchev–Trinajstić information content (AvgIpc) is 3.29. The van der Waals surface area contributed by atoms with E-state index in [1.807, 2.05) is 0 Å². The summed E-state index contributed by atoms with van der Waals surface area (Å²) in [6.07, 6.45) is -28.0. The van der Waals surface area contributed by atoms with Crippen LogP contribution in [-0.2, 0) is 33.2 Å². The molecule has 0 saturated carbocycles. The largest absolute Gasteiger partial charge is 0.508 e. The molecule has 0 radical (unpaired) electrons. The number of esters is 1. The Morgan fingerprint density at radius 3 is 1.79 bits per heavy atom. The fraction of sp³-hybridized carbons (Fsp3) is 0.429. The van der Waals surface area contributed by atoms with Gasteiger partial charge in [-0.2, -0.15) is 0 Å². The molecule has 15 N–H and O–H groups in total. The number of benzene rings is 3. The number of aromatic hydroxyl groups is 6. The maximum atomic E-state index is 14.2. The minimum absolute atomic E-state index is 0.162. The Kier molecular flexibility index (Phi) is 14.7. The molecule has 25 nitrogen and oxygen atoms in total. The van der Waals surface area contributed by atoms with E-state index in [9.17, 15) is 86.2 Å². The summed E-state index contributed by atoms with van der Waals surface area (Å²) in [5.74, 6) is -5.95. The molecular weight excluding hydrogens is 904 g/mol. The molecule has 364 valence electrons. The van der Waals surface area contributed by atoms with E-state index in [0.717, 1.165) is 48.5 Å². The van der Waals surface area contributed by atoms with E-state index in [-0.39, 0.29) is 11.1 Å². The zero-order valence-electron chi connectivity index (χ0n) is 34.3. The molecule has 3 fully saturated rings. The number of hydrogen-bond acceptors (Lipinski definition) is 25. The average molecular weight is 951 g/mol. The lowest BCUT2D eigenvalue weighted by molar-refractivity contribution is -0.389. The van der Waals surface area contributed by atoms with Crippen LogP contribution in [0.3, 0.4) is 0 Å². The van der Waals surface area contributed by atoms with Gasteiger partial charge in [0, 0.05) is 23.8 Å². The molecule has 3 aliphatic heterocycles. The van der Waals surface area contributed by atoms with Crippen molar-refractivity contribution in [1.82, 2.24) is 0 Å². The maximum Gasteiger partial charge on any atom is 0.330 e. The lowest BCUT2D eigenvalue weighted by atomic mass is 9.96. The second-order valence-electron chi connectivity index (χ2n) is 15.6. The number of rotatable bonds is 13. The van der Waals surface area contributed by atoms with E-state index in [4.69, 9.17) is 37.6 Å². The Bertz CT molecular complexity index is 2490. The highest BCUT2D eigenvalue weighted by molar-refractivity contribution is 5.88. The number of carbonyl (C=O) groups is 1. The Labute approximate surface area is 375 Å². The van der Waals surface area contributed by atoms with Gasteiger partial charge in [0.15, 0.2) is 47.4 Å². The molecule has 1 aromatic heterocycles. The normalized spacial score (nSPS) is 32.3. The molecule has 0 bridgehead atoms. The van der Waals surface area contributed by atoms with Crippen molar-refractivity contribution in [3.05, 3.63) is 70.4 Å². The summed E-state index contributed by atoms with van der Waals surface area (Å²) in [6, 6.07) is 8.53. The molecule has 0 aliphatic carbocycles. The highest BCUT2D eigenvalue weighted by Gasteiger charge is 2.55. The Morgan fingerprint density at radius 1 is 0.597 bits per heavy atom. The van der Waals surface area contributed by atoms with E-state index in [0.29, 0.717) is 0 Å². The molecule has 0 amide bonds. The highest BCUT2D eigenvalue weighted by atomic mass is 16.8. The van der Waals surface area contributed by atoms with Crippen molar-refractivity contribution in [2.45, 2.75) is 92.1 Å². The number of aliphatic hydroxyl groups is 9. The molecule has 4 aromatic rings. The summed E-state index contributed by atoms with van der Waals surface area (Å²) in [4.78, 5) is 26.7. The number of ether oxygens (including phenoxy) is 7. The number of phenolic OH excluding ortho intramolecular Hbond substituents is 6. The van der Waals surface area contributed by atoms with E-state index < -0.39 is 180 Å². The first-order chi connectivity index (χ1) is 31.8. The third kappa shape index (κ3) is 10.1. The summed E-state index contributed by atoms with van der Waals surface area (Å²) in [6.45, 7) is -2.78. The van der Waals surface area contributed by atoms with Crippen molar-refractivity contribution in [1.29, 1.82) is 0 Å². The molecule has 7 rings (SSSR count). The predicted octanol–water partition coefficient (Wildman–Crippen LogP) is -3.21. The highest BCUT2D eigenvalue weighted by Crippen LogP contribution is 2.41. The van der Waals surface area contributed by atoms with E-state index in [2.05, 4.69) is 0 Å². The predicted molar refractivity (Wildman–Crippen MR) is 217 cm³/mol. The second-order valence-corrected chi connectivity index (χ2v) is 15.6. The minimum atomic E-state index is -2.18. The molecule has 0 spiro atoms. The summed E-state index contributed by atoms with van der Waals surface area (Å²) < 4.78 is 45.8. The fourth-order valence-electron chi connectivity index (χ4n) is 7.45. The van der Waals surface area contributed by atoms with Gasteiger partial charge in [0.1, 0.15) is 96.2 Å². The standard InChI is InChI=1S/C42H46O25/c43-11-23-29(53)34(58)39(41(62-23)65-37-31(55)27-21(50)9-16(45)10-22(27)61-36(37)15-3-5-18(47)20(49)8-15)67-42-38(33(57)28(52)24(12-44)63-42)66-40-35(59)32(56)30(54)25(64-40)13-60-26(51)6-2-14-1-4-17(46)19(48)7-14/h1-10,23-25,28-30,32-35,38-50,52-54,56-59H,11-13H2/t23-,24-,25-,28-,29-,30-,32+,33+,34+,35-,38-,39-,40+,41+,42+/m1/s1. The first-order valence-electron chi connectivity index (χ1n) is 20.2. The Balaban J connectivity index is 1.18. The van der Waals surface area contributed by atoms with Gasteiger partial charge < -0.3 is 114 Å². The topological polar surface area (TPSA) is 415 Å². The molecule has 4 heterocycles. The quantitative estimate of drug-likeness (QED) is 0.0356. The van der Waals surface area contributed by atoms with Crippen molar-refractivity contribution >= 4 is 23.0 Å². The number of phenols is 6. The van der Waals surface area contributed by atoms with E-state index in [1.165, 1.54) is 12.1 Å². The molecule has 25 heteroatoms. The number of fused-ring (bicyclic) bond motifs is 1. The molecule has 0 unspecified atom stereocenters. The van der Waals surface area contributed by atoms with Crippen LogP contribution in [0.4, 0.5) is 0 Å². The van der Waals surface area contributed by atoms with Gasteiger partial charge in [-0.1, -0.05) is 6.07 Å². The van der Waals surface area contributed by atoms with Crippen molar-refractivity contribution in [2.24, 2.45) is 0 Å². The number of hydrogen-bond donors (Lipinski definition) is 15. The van der Waals surface area contributed by atoms with Crippen LogP contribution in [0.15, 0.2) is 63.8 Å². The van der Waals surface area contributed by atoms with Crippen molar-refractivity contribution in [2.75, 3.05) is 19.8 Å². The molecule has 67 heavy (non-hydrogen) atoms. The number of aliphatic hydroxyl groups excluding tert-OH is 9. The third-order valence-electron chi connectivity index (χ3n) is 11.1. The first-order valence-corrected chi connectivity index (χ1v) is 20.2. The minimum Gasteiger partial charge on any atom is -0.508 e. The van der Waals surface area contributed by atoms with Gasteiger partial charge in [0.05, 0.1) is 13.2 Å². The van der Waals surface area contributed by atoms with Gasteiger partial charge in [0.2, 0.25) is 17.5 Å².